The van der Waals surface area contributed by atoms with Crippen molar-refractivity contribution in [3.05, 3.63) is 35.5 Å². The standard InChI is InChI=1S/C10H9NO3/c12-5-7-4-11-9-3-6(10(13)14)1-2-8(7)9/h1-5,10-11,13-14H. The van der Waals surface area contributed by atoms with Gasteiger partial charge in [-0.1, -0.05) is 12.1 Å². The summed E-state index contributed by atoms with van der Waals surface area (Å²) >= 11 is 0. The molecule has 1 aromatic heterocycles. The van der Waals surface area contributed by atoms with Crippen LogP contribution in [0.4, 0.5) is 0 Å². The van der Waals surface area contributed by atoms with E-state index in [-0.39, 0.29) is 0 Å². The van der Waals surface area contributed by atoms with Gasteiger partial charge in [-0.25, -0.2) is 0 Å². The number of nitrogens with one attached hydrogen (secondary N) is 1. The predicted molar refractivity (Wildman–Crippen MR) is 50.9 cm³/mol. The van der Waals surface area contributed by atoms with Crippen LogP contribution in [-0.4, -0.2) is 21.5 Å². The summed E-state index contributed by atoms with van der Waals surface area (Å²) < 4.78 is 0. The zero-order chi connectivity index (χ0) is 10.1. The summed E-state index contributed by atoms with van der Waals surface area (Å²) in [5, 5.41) is 18.6. The fourth-order valence-electron chi connectivity index (χ4n) is 1.42. The molecule has 0 aliphatic heterocycles. The molecule has 14 heavy (non-hydrogen) atoms. The highest BCUT2D eigenvalue weighted by atomic mass is 16.5. The van der Waals surface area contributed by atoms with E-state index in [1.165, 1.54) is 0 Å². The van der Waals surface area contributed by atoms with Crippen molar-refractivity contribution >= 4 is 17.2 Å². The minimum Gasteiger partial charge on any atom is -0.364 e. The number of fused-ring (bicyclic) bond motifs is 1. The first-order valence-electron chi connectivity index (χ1n) is 4.14. The van der Waals surface area contributed by atoms with Crippen molar-refractivity contribution in [2.75, 3.05) is 0 Å². The minimum atomic E-state index is -1.48. The Balaban J connectivity index is 2.63. The molecule has 3 N–H and O–H groups in total. The molecule has 4 nitrogen and oxygen atoms in total. The third kappa shape index (κ3) is 1.30. The second kappa shape index (κ2) is 3.25. The van der Waals surface area contributed by atoms with Crippen LogP contribution < -0.4 is 0 Å². The van der Waals surface area contributed by atoms with Crippen LogP contribution in [0.1, 0.15) is 22.2 Å². The Labute approximate surface area is 79.8 Å². The summed E-state index contributed by atoms with van der Waals surface area (Å²) in [5.41, 5.74) is 1.69. The molecule has 0 radical (unpaired) electrons. The Bertz CT molecular complexity index is 473. The van der Waals surface area contributed by atoms with Gasteiger partial charge in [0.2, 0.25) is 0 Å². The number of carbonyl (C=O) groups excluding carboxylic acids is 1. The summed E-state index contributed by atoms with van der Waals surface area (Å²) in [6, 6.07) is 4.87. The second-order valence-electron chi connectivity index (χ2n) is 3.04. The van der Waals surface area contributed by atoms with Crippen LogP contribution >= 0.6 is 0 Å². The highest BCUT2D eigenvalue weighted by molar-refractivity contribution is 5.97. The van der Waals surface area contributed by atoms with Gasteiger partial charge in [-0.15, -0.1) is 0 Å². The summed E-state index contributed by atoms with van der Waals surface area (Å²) in [6.07, 6.45) is 0.862. The van der Waals surface area contributed by atoms with Gasteiger partial charge in [-0.05, 0) is 6.07 Å². The highest BCUT2D eigenvalue weighted by Crippen LogP contribution is 2.20. The molecule has 0 saturated carbocycles. The van der Waals surface area contributed by atoms with Gasteiger partial charge >= 0.3 is 0 Å². The average Bonchev–Trinajstić information content (AvgIpc) is 2.59. The van der Waals surface area contributed by atoms with Gasteiger partial charge in [0.1, 0.15) is 0 Å². The van der Waals surface area contributed by atoms with Crippen molar-refractivity contribution < 1.29 is 15.0 Å². The van der Waals surface area contributed by atoms with E-state index >= 15 is 0 Å². The van der Waals surface area contributed by atoms with Crippen molar-refractivity contribution in [3.63, 3.8) is 0 Å². The summed E-state index contributed by atoms with van der Waals surface area (Å²) in [6.45, 7) is 0. The van der Waals surface area contributed by atoms with Gasteiger partial charge in [0, 0.05) is 28.2 Å². The molecule has 0 aliphatic rings. The number of H-pyrrole nitrogens is 1. The third-order valence-electron chi connectivity index (χ3n) is 2.16. The van der Waals surface area contributed by atoms with E-state index in [9.17, 15) is 4.79 Å². The molecule has 2 aromatic rings. The predicted octanol–water partition coefficient (Wildman–Crippen LogP) is 0.964. The number of hydrogen-bond donors (Lipinski definition) is 3. The van der Waals surface area contributed by atoms with E-state index in [4.69, 9.17) is 10.2 Å². The van der Waals surface area contributed by atoms with Crippen LogP contribution in [0.15, 0.2) is 24.4 Å². The number of aldehydes is 1. The number of rotatable bonds is 2. The molecule has 0 bridgehead atoms. The van der Waals surface area contributed by atoms with Crippen molar-refractivity contribution in [1.29, 1.82) is 0 Å². The van der Waals surface area contributed by atoms with Crippen LogP contribution in [0.25, 0.3) is 10.9 Å². The van der Waals surface area contributed by atoms with E-state index < -0.39 is 6.29 Å². The number of aliphatic hydroxyl groups is 2. The molecule has 0 fully saturated rings. The van der Waals surface area contributed by atoms with E-state index in [0.717, 1.165) is 17.2 Å². The number of hydrogen-bond acceptors (Lipinski definition) is 3. The minimum absolute atomic E-state index is 0.400. The van der Waals surface area contributed by atoms with Crippen molar-refractivity contribution in [2.45, 2.75) is 6.29 Å². The van der Waals surface area contributed by atoms with Crippen LogP contribution in [0.2, 0.25) is 0 Å². The van der Waals surface area contributed by atoms with Crippen molar-refractivity contribution in [1.82, 2.24) is 4.98 Å². The van der Waals surface area contributed by atoms with Gasteiger partial charge in [-0.3, -0.25) is 4.79 Å². The first-order valence-corrected chi connectivity index (χ1v) is 4.14. The molecule has 0 saturated heterocycles. The summed E-state index contributed by atoms with van der Waals surface area (Å²) in [5.74, 6) is 0. The first-order chi connectivity index (χ1) is 6.72. The molecule has 1 aromatic carbocycles. The molecule has 1 heterocycles. The van der Waals surface area contributed by atoms with Gasteiger partial charge in [0.15, 0.2) is 12.6 Å². The summed E-state index contributed by atoms with van der Waals surface area (Å²) in [7, 11) is 0. The zero-order valence-electron chi connectivity index (χ0n) is 7.27. The normalized spacial score (nSPS) is 11.1. The van der Waals surface area contributed by atoms with Gasteiger partial charge < -0.3 is 15.2 Å². The van der Waals surface area contributed by atoms with Crippen LogP contribution in [0, 0.1) is 0 Å². The fraction of sp³-hybridized carbons (Fsp3) is 0.100. The van der Waals surface area contributed by atoms with Crippen LogP contribution in [0.3, 0.4) is 0 Å². The lowest BCUT2D eigenvalue weighted by Crippen LogP contribution is -1.93. The number of carbonyl (C=O) groups is 1. The Morgan fingerprint density at radius 1 is 1.36 bits per heavy atom. The number of aliphatic hydroxyl groups excluding tert-OH is 1. The molecule has 0 atom stereocenters. The molecule has 0 spiro atoms. The Hall–Kier alpha value is -1.65. The molecule has 0 aliphatic carbocycles. The highest BCUT2D eigenvalue weighted by Gasteiger charge is 2.06. The third-order valence-corrected chi connectivity index (χ3v) is 2.16. The molecule has 0 amide bonds. The average molecular weight is 191 g/mol. The Morgan fingerprint density at radius 3 is 2.79 bits per heavy atom. The largest absolute Gasteiger partial charge is 0.364 e. The topological polar surface area (TPSA) is 73.3 Å². The van der Waals surface area contributed by atoms with E-state index in [1.54, 1.807) is 24.4 Å². The van der Waals surface area contributed by atoms with Gasteiger partial charge in [-0.2, -0.15) is 0 Å². The SMILES string of the molecule is O=Cc1c[nH]c2cc(C(O)O)ccc12. The molecular formula is C10H9NO3. The number of aromatic amines is 1. The molecule has 4 heteroatoms. The zero-order valence-corrected chi connectivity index (χ0v) is 7.27. The monoisotopic (exact) mass is 191 g/mol. The second-order valence-corrected chi connectivity index (χ2v) is 3.04. The Kier molecular flexibility index (Phi) is 2.07. The van der Waals surface area contributed by atoms with E-state index in [2.05, 4.69) is 4.98 Å². The Morgan fingerprint density at radius 2 is 2.14 bits per heavy atom. The van der Waals surface area contributed by atoms with E-state index in [1.807, 2.05) is 0 Å². The number of aromatic nitrogens is 1. The number of benzene rings is 1. The lowest BCUT2D eigenvalue weighted by molar-refractivity contribution is -0.0423. The molecule has 0 unspecified atom stereocenters. The van der Waals surface area contributed by atoms with Crippen LogP contribution in [0.5, 0.6) is 0 Å². The maximum atomic E-state index is 10.6. The lowest BCUT2D eigenvalue weighted by Gasteiger charge is -2.02. The van der Waals surface area contributed by atoms with Crippen LogP contribution in [-0.2, 0) is 0 Å². The molecule has 2 rings (SSSR count). The van der Waals surface area contributed by atoms with Crippen molar-refractivity contribution in [2.24, 2.45) is 0 Å². The van der Waals surface area contributed by atoms with E-state index in [0.29, 0.717) is 11.1 Å². The smallest absolute Gasteiger partial charge is 0.178 e. The quantitative estimate of drug-likeness (QED) is 0.489. The first kappa shape index (κ1) is 8.93. The maximum absolute atomic E-state index is 10.6. The lowest BCUT2D eigenvalue weighted by atomic mass is 10.1. The van der Waals surface area contributed by atoms with Crippen molar-refractivity contribution in [3.8, 4) is 0 Å². The fourth-order valence-corrected chi connectivity index (χ4v) is 1.42. The van der Waals surface area contributed by atoms with Gasteiger partial charge in [0.25, 0.3) is 0 Å². The van der Waals surface area contributed by atoms with Gasteiger partial charge in [0.05, 0.1) is 0 Å². The molecular weight excluding hydrogens is 182 g/mol. The maximum Gasteiger partial charge on any atom is 0.178 e. The summed E-state index contributed by atoms with van der Waals surface area (Å²) in [4.78, 5) is 13.5. The molecule has 72 valence electrons.